The van der Waals surface area contributed by atoms with E-state index in [2.05, 4.69) is 5.32 Å². The molecule has 1 aliphatic rings. The first-order valence-corrected chi connectivity index (χ1v) is 3.81. The van der Waals surface area contributed by atoms with Crippen LogP contribution in [0.15, 0.2) is 23.8 Å². The van der Waals surface area contributed by atoms with Gasteiger partial charge in [0.2, 0.25) is 17.5 Å². The third kappa shape index (κ3) is 2.37. The number of carbonyl (C=O) groups is 3. The molecule has 0 aromatic heterocycles. The van der Waals surface area contributed by atoms with Crippen LogP contribution in [-0.4, -0.2) is 24.0 Å². The summed E-state index contributed by atoms with van der Waals surface area (Å²) in [5.74, 6) is -1.31. The van der Waals surface area contributed by atoms with Gasteiger partial charge in [0.1, 0.15) is 0 Å². The Bertz CT molecular complexity index is 326. The summed E-state index contributed by atoms with van der Waals surface area (Å²) in [5.41, 5.74) is 0.322. The Hall–Kier alpha value is -1.71. The molecule has 4 nitrogen and oxygen atoms in total. The quantitative estimate of drug-likeness (QED) is 0.470. The molecule has 0 unspecified atom stereocenters. The second-order valence-electron chi connectivity index (χ2n) is 2.65. The van der Waals surface area contributed by atoms with Gasteiger partial charge in [-0.1, -0.05) is 12.2 Å². The van der Waals surface area contributed by atoms with Crippen LogP contribution in [0.4, 0.5) is 0 Å². The van der Waals surface area contributed by atoms with Crippen molar-refractivity contribution in [2.45, 2.75) is 6.92 Å². The summed E-state index contributed by atoms with van der Waals surface area (Å²) in [7, 11) is 0. The number of nitrogens with one attached hydrogen (secondary N) is 1. The van der Waals surface area contributed by atoms with Crippen LogP contribution >= 0.6 is 0 Å². The lowest BCUT2D eigenvalue weighted by Gasteiger charge is -2.06. The Morgan fingerprint density at radius 3 is 2.77 bits per heavy atom. The highest BCUT2D eigenvalue weighted by Crippen LogP contribution is 2.03. The zero-order valence-corrected chi connectivity index (χ0v) is 7.16. The lowest BCUT2D eigenvalue weighted by Crippen LogP contribution is -2.28. The molecule has 0 saturated heterocycles. The van der Waals surface area contributed by atoms with Crippen molar-refractivity contribution in [3.63, 3.8) is 0 Å². The summed E-state index contributed by atoms with van der Waals surface area (Å²) in [6, 6.07) is 0. The van der Waals surface area contributed by atoms with Crippen LogP contribution in [0.25, 0.3) is 0 Å². The fourth-order valence-electron chi connectivity index (χ4n) is 0.920. The van der Waals surface area contributed by atoms with E-state index in [4.69, 9.17) is 0 Å². The van der Waals surface area contributed by atoms with E-state index in [1.807, 2.05) is 0 Å². The zero-order valence-electron chi connectivity index (χ0n) is 7.16. The van der Waals surface area contributed by atoms with E-state index >= 15 is 0 Å². The third-order valence-electron chi connectivity index (χ3n) is 1.59. The van der Waals surface area contributed by atoms with Crippen molar-refractivity contribution in [3.8, 4) is 0 Å². The predicted octanol–water partition coefficient (Wildman–Crippen LogP) is -0.243. The highest BCUT2D eigenvalue weighted by molar-refractivity contribution is 6.48. The molecule has 0 spiro atoms. The monoisotopic (exact) mass is 179 g/mol. The van der Waals surface area contributed by atoms with Crippen molar-refractivity contribution in [2.24, 2.45) is 0 Å². The van der Waals surface area contributed by atoms with Crippen molar-refractivity contribution in [3.05, 3.63) is 23.8 Å². The molecule has 1 aliphatic carbocycles. The molecule has 1 amide bonds. The van der Waals surface area contributed by atoms with Gasteiger partial charge in [0.05, 0.1) is 0 Å². The minimum Gasteiger partial charge on any atom is -0.352 e. The minimum absolute atomic E-state index is 0.115. The number of hydrogen-bond acceptors (Lipinski definition) is 3. The number of ketones is 2. The van der Waals surface area contributed by atoms with E-state index in [1.54, 1.807) is 0 Å². The Kier molecular flexibility index (Phi) is 2.74. The highest BCUT2D eigenvalue weighted by atomic mass is 16.2. The fraction of sp³-hybridized carbons (Fsp3) is 0.222. The molecule has 0 radical (unpaired) electrons. The highest BCUT2D eigenvalue weighted by Gasteiger charge is 2.18. The van der Waals surface area contributed by atoms with Crippen molar-refractivity contribution >= 4 is 17.5 Å². The molecule has 13 heavy (non-hydrogen) atoms. The number of rotatable bonds is 2. The van der Waals surface area contributed by atoms with Crippen LogP contribution in [0.3, 0.4) is 0 Å². The van der Waals surface area contributed by atoms with E-state index in [0.717, 1.165) is 0 Å². The number of allylic oxidation sites excluding steroid dienone is 3. The van der Waals surface area contributed by atoms with E-state index < -0.39 is 11.6 Å². The van der Waals surface area contributed by atoms with E-state index in [-0.39, 0.29) is 12.5 Å². The van der Waals surface area contributed by atoms with Gasteiger partial charge in [-0.15, -0.1) is 0 Å². The van der Waals surface area contributed by atoms with Crippen LogP contribution in [0.1, 0.15) is 6.92 Å². The number of carbonyl (C=O) groups excluding carboxylic acids is 3. The molecule has 0 aromatic carbocycles. The standard InChI is InChI=1S/C9H9NO3/c1-6(11)10-5-7-3-2-4-8(12)9(7)13/h2-4H,5H2,1H3,(H,10,11). The maximum Gasteiger partial charge on any atom is 0.230 e. The molecular formula is C9H9NO3. The molecule has 0 fully saturated rings. The van der Waals surface area contributed by atoms with Gasteiger partial charge in [-0.25, -0.2) is 0 Å². The van der Waals surface area contributed by atoms with Crippen molar-refractivity contribution < 1.29 is 14.4 Å². The number of amides is 1. The molecule has 0 aliphatic heterocycles. The van der Waals surface area contributed by atoms with Crippen LogP contribution in [-0.2, 0) is 14.4 Å². The first-order chi connectivity index (χ1) is 6.11. The van der Waals surface area contributed by atoms with E-state index in [1.165, 1.54) is 25.2 Å². The van der Waals surface area contributed by atoms with Gasteiger partial charge in [-0.2, -0.15) is 0 Å². The molecule has 1 N–H and O–H groups in total. The maximum atomic E-state index is 11.1. The lowest BCUT2D eigenvalue weighted by molar-refractivity contribution is -0.131. The Balaban J connectivity index is 2.64. The summed E-state index contributed by atoms with van der Waals surface area (Å²) in [5, 5.41) is 2.45. The van der Waals surface area contributed by atoms with Gasteiger partial charge in [0, 0.05) is 19.0 Å². The van der Waals surface area contributed by atoms with Gasteiger partial charge in [-0.3, -0.25) is 14.4 Å². The molecule has 0 aromatic rings. The second kappa shape index (κ2) is 3.80. The number of hydrogen-bond donors (Lipinski definition) is 1. The average Bonchev–Trinajstić information content (AvgIpc) is 2.07. The molecule has 68 valence electrons. The minimum atomic E-state index is -0.545. The Morgan fingerprint density at radius 2 is 2.15 bits per heavy atom. The topological polar surface area (TPSA) is 63.2 Å². The zero-order chi connectivity index (χ0) is 9.84. The SMILES string of the molecule is CC(=O)NCC1=CC=CC(=O)C1=O. The third-order valence-corrected chi connectivity index (χ3v) is 1.59. The van der Waals surface area contributed by atoms with Crippen LogP contribution in [0, 0.1) is 0 Å². The van der Waals surface area contributed by atoms with Crippen molar-refractivity contribution in [2.75, 3.05) is 6.54 Å². The van der Waals surface area contributed by atoms with E-state index in [9.17, 15) is 14.4 Å². The molecule has 1 rings (SSSR count). The Labute approximate surface area is 75.3 Å². The van der Waals surface area contributed by atoms with Crippen LogP contribution < -0.4 is 5.32 Å². The molecule has 0 bridgehead atoms. The largest absolute Gasteiger partial charge is 0.352 e. The fourth-order valence-corrected chi connectivity index (χ4v) is 0.920. The molecule has 0 saturated carbocycles. The van der Waals surface area contributed by atoms with Gasteiger partial charge in [0.25, 0.3) is 0 Å². The van der Waals surface area contributed by atoms with Gasteiger partial charge < -0.3 is 5.32 Å². The summed E-state index contributed by atoms with van der Waals surface area (Å²) in [6.45, 7) is 1.47. The van der Waals surface area contributed by atoms with Gasteiger partial charge in [0.15, 0.2) is 0 Å². The second-order valence-corrected chi connectivity index (χ2v) is 2.65. The summed E-state index contributed by atoms with van der Waals surface area (Å²) in [4.78, 5) is 32.5. The van der Waals surface area contributed by atoms with Crippen molar-refractivity contribution in [1.82, 2.24) is 5.32 Å². The van der Waals surface area contributed by atoms with Crippen molar-refractivity contribution in [1.29, 1.82) is 0 Å². The summed E-state index contributed by atoms with van der Waals surface area (Å²) in [6.07, 6.45) is 4.24. The first kappa shape index (κ1) is 9.38. The molecule has 0 atom stereocenters. The summed E-state index contributed by atoms with van der Waals surface area (Å²) < 4.78 is 0. The molecule has 0 heterocycles. The average molecular weight is 179 g/mol. The summed E-state index contributed by atoms with van der Waals surface area (Å²) >= 11 is 0. The smallest absolute Gasteiger partial charge is 0.230 e. The molecular weight excluding hydrogens is 170 g/mol. The lowest BCUT2D eigenvalue weighted by atomic mass is 10.0. The van der Waals surface area contributed by atoms with Gasteiger partial charge >= 0.3 is 0 Å². The first-order valence-electron chi connectivity index (χ1n) is 3.81. The normalized spacial score (nSPS) is 15.6. The maximum absolute atomic E-state index is 11.1. The Morgan fingerprint density at radius 1 is 1.46 bits per heavy atom. The predicted molar refractivity (Wildman–Crippen MR) is 45.9 cm³/mol. The van der Waals surface area contributed by atoms with E-state index in [0.29, 0.717) is 5.57 Å². The van der Waals surface area contributed by atoms with Crippen LogP contribution in [0.2, 0.25) is 0 Å². The number of Topliss-reactive ketones (excluding diaryl/α,β-unsaturated/α-hetero) is 1. The van der Waals surface area contributed by atoms with Gasteiger partial charge in [-0.05, 0) is 6.08 Å². The van der Waals surface area contributed by atoms with Crippen LogP contribution in [0.5, 0.6) is 0 Å². The molecule has 4 heteroatoms.